The van der Waals surface area contributed by atoms with Gasteiger partial charge in [0, 0.05) is 25.2 Å². The van der Waals surface area contributed by atoms with Gasteiger partial charge >= 0.3 is 0 Å². The average Bonchev–Trinajstić information content (AvgIpc) is 2.55. The highest BCUT2D eigenvalue weighted by Crippen LogP contribution is 2.25. The van der Waals surface area contributed by atoms with Gasteiger partial charge in [-0.3, -0.25) is 9.98 Å². The Labute approximate surface area is 147 Å². The number of hydrogen-bond donors (Lipinski definition) is 0. The summed E-state index contributed by atoms with van der Waals surface area (Å²) in [6, 6.07) is 0. The minimum atomic E-state index is 0.954. The molecule has 0 aromatic rings. The van der Waals surface area contributed by atoms with E-state index >= 15 is 0 Å². The Hall–Kier alpha value is -2.22. The number of aliphatic imine (C=N–C) groups is 2. The van der Waals surface area contributed by atoms with Crippen molar-refractivity contribution in [3.63, 3.8) is 0 Å². The van der Waals surface area contributed by atoms with Crippen LogP contribution in [0, 0.1) is 0 Å². The van der Waals surface area contributed by atoms with Crippen LogP contribution in [0.25, 0.3) is 0 Å². The van der Waals surface area contributed by atoms with Crippen LogP contribution in [-0.2, 0) is 0 Å². The average molecular weight is 322 g/mol. The van der Waals surface area contributed by atoms with E-state index in [2.05, 4.69) is 88.0 Å². The fourth-order valence-corrected chi connectivity index (χ4v) is 2.43. The van der Waals surface area contributed by atoms with Gasteiger partial charge in [0.25, 0.3) is 0 Å². The van der Waals surface area contributed by atoms with E-state index in [-0.39, 0.29) is 0 Å². The van der Waals surface area contributed by atoms with E-state index in [9.17, 15) is 0 Å². The van der Waals surface area contributed by atoms with Gasteiger partial charge in [0.2, 0.25) is 0 Å². The predicted octanol–water partition coefficient (Wildman–Crippen LogP) is 5.82. The highest BCUT2D eigenvalue weighted by molar-refractivity contribution is 6.56. The molecule has 0 fully saturated rings. The van der Waals surface area contributed by atoms with Crippen LogP contribution in [0.2, 0.25) is 0 Å². The minimum Gasteiger partial charge on any atom is -0.286 e. The zero-order valence-electron chi connectivity index (χ0n) is 16.4. The van der Waals surface area contributed by atoms with E-state index < -0.39 is 0 Å². The van der Waals surface area contributed by atoms with Crippen LogP contribution in [0.4, 0.5) is 0 Å². The van der Waals surface area contributed by atoms with E-state index in [0.29, 0.717) is 0 Å². The summed E-state index contributed by atoms with van der Waals surface area (Å²) in [5.41, 5.74) is 9.12. The van der Waals surface area contributed by atoms with Crippen molar-refractivity contribution < 1.29 is 0 Å². The monoisotopic (exact) mass is 322 g/mol. The molecule has 0 unspecified atom stereocenters. The van der Waals surface area contributed by atoms with Gasteiger partial charge in [0.05, 0.1) is 11.4 Å². The molecule has 0 amide bonds. The largest absolute Gasteiger partial charge is 0.286 e. The Morgan fingerprint density at radius 1 is 0.625 bits per heavy atom. The van der Waals surface area contributed by atoms with E-state index in [1.54, 1.807) is 0 Å². The summed E-state index contributed by atoms with van der Waals surface area (Å²) in [5, 5.41) is 0. The molecule has 128 valence electrons. The smallest absolute Gasteiger partial charge is 0.0903 e. The molecular formula is C22H30N2. The van der Waals surface area contributed by atoms with Gasteiger partial charge in [0.15, 0.2) is 0 Å². The van der Waals surface area contributed by atoms with Gasteiger partial charge in [-0.25, -0.2) is 0 Å². The molecule has 0 aliphatic heterocycles. The van der Waals surface area contributed by atoms with Crippen LogP contribution >= 0.6 is 0 Å². The van der Waals surface area contributed by atoms with Gasteiger partial charge in [-0.1, -0.05) is 47.6 Å². The lowest BCUT2D eigenvalue weighted by molar-refractivity contribution is 1.33. The molecule has 0 saturated carbocycles. The van der Waals surface area contributed by atoms with Crippen LogP contribution in [0.1, 0.15) is 41.5 Å². The second-order valence-electron chi connectivity index (χ2n) is 6.49. The van der Waals surface area contributed by atoms with Gasteiger partial charge < -0.3 is 0 Å². The van der Waals surface area contributed by atoms with Gasteiger partial charge in [0.1, 0.15) is 0 Å². The lowest BCUT2D eigenvalue weighted by Crippen LogP contribution is -2.23. The topological polar surface area (TPSA) is 24.7 Å². The molecule has 0 heterocycles. The quantitative estimate of drug-likeness (QED) is 0.460. The lowest BCUT2D eigenvalue weighted by atomic mass is 9.86. The molecule has 2 nitrogen and oxygen atoms in total. The van der Waals surface area contributed by atoms with Crippen molar-refractivity contribution in [1.29, 1.82) is 0 Å². The van der Waals surface area contributed by atoms with Gasteiger partial charge in [-0.15, -0.1) is 0 Å². The van der Waals surface area contributed by atoms with Crippen LogP contribution < -0.4 is 0 Å². The fraction of sp³-hybridized carbons (Fsp3) is 0.364. The van der Waals surface area contributed by atoms with Crippen molar-refractivity contribution >= 4 is 11.4 Å². The predicted molar refractivity (Wildman–Crippen MR) is 109 cm³/mol. The zero-order chi connectivity index (χ0) is 18.3. The normalized spacial score (nSPS) is 19.2. The summed E-state index contributed by atoms with van der Waals surface area (Å²) in [7, 11) is 3.67. The Balaban J connectivity index is 3.42. The first-order valence-electron chi connectivity index (χ1n) is 8.32. The maximum Gasteiger partial charge on any atom is 0.0903 e. The molecule has 24 heavy (non-hydrogen) atoms. The number of rotatable bonds is 4. The number of allylic oxidation sites excluding steroid dienone is 12. The maximum absolute atomic E-state index is 4.53. The molecule has 1 aliphatic rings. The molecule has 2 heteroatoms. The third kappa shape index (κ3) is 5.16. The third-order valence-corrected chi connectivity index (χ3v) is 3.78. The standard InChI is InChI=1S/C22H30N2/c1-15(2)9-11-17(5)19-13-14-20(18(6)12-10-16(3)4)22(24-8)21(19)23-7/h9-14H,1-8H3/b17-11+,18-12+,23-21?,24-22?. The summed E-state index contributed by atoms with van der Waals surface area (Å²) in [5.74, 6) is 0. The molecule has 0 spiro atoms. The first kappa shape index (κ1) is 19.8. The van der Waals surface area contributed by atoms with E-state index in [1.807, 2.05) is 14.1 Å². The Morgan fingerprint density at radius 2 is 0.958 bits per heavy atom. The fourth-order valence-electron chi connectivity index (χ4n) is 2.43. The van der Waals surface area contributed by atoms with Crippen LogP contribution in [0.5, 0.6) is 0 Å². The maximum atomic E-state index is 4.53. The molecule has 0 atom stereocenters. The van der Waals surface area contributed by atoms with Crippen molar-refractivity contribution in [3.8, 4) is 0 Å². The number of hydrogen-bond acceptors (Lipinski definition) is 2. The first-order chi connectivity index (χ1) is 11.3. The summed E-state index contributed by atoms with van der Waals surface area (Å²) in [4.78, 5) is 9.06. The molecular weight excluding hydrogens is 292 g/mol. The Bertz CT molecular complexity index is 658. The van der Waals surface area contributed by atoms with Gasteiger partial charge in [-0.2, -0.15) is 0 Å². The zero-order valence-corrected chi connectivity index (χ0v) is 16.4. The van der Waals surface area contributed by atoms with E-state index in [1.165, 1.54) is 22.3 Å². The molecule has 0 radical (unpaired) electrons. The van der Waals surface area contributed by atoms with E-state index in [0.717, 1.165) is 22.6 Å². The summed E-state index contributed by atoms with van der Waals surface area (Å²) in [6.07, 6.45) is 12.8. The summed E-state index contributed by atoms with van der Waals surface area (Å²) < 4.78 is 0. The van der Waals surface area contributed by atoms with Crippen molar-refractivity contribution in [3.05, 3.63) is 69.9 Å². The van der Waals surface area contributed by atoms with E-state index in [4.69, 9.17) is 0 Å². The second kappa shape index (κ2) is 9.17. The van der Waals surface area contributed by atoms with Crippen LogP contribution in [0.3, 0.4) is 0 Å². The summed E-state index contributed by atoms with van der Waals surface area (Å²) >= 11 is 0. The third-order valence-electron chi connectivity index (χ3n) is 3.78. The van der Waals surface area contributed by atoms with Crippen molar-refractivity contribution in [1.82, 2.24) is 0 Å². The Kier molecular flexibility index (Phi) is 7.57. The highest BCUT2D eigenvalue weighted by atomic mass is 14.8. The van der Waals surface area contributed by atoms with Crippen LogP contribution in [0.15, 0.2) is 79.9 Å². The van der Waals surface area contributed by atoms with Crippen molar-refractivity contribution in [2.24, 2.45) is 9.98 Å². The minimum absolute atomic E-state index is 0.954. The molecule has 1 aliphatic carbocycles. The lowest BCUT2D eigenvalue weighted by Gasteiger charge is -2.20. The Morgan fingerprint density at radius 3 is 1.21 bits per heavy atom. The van der Waals surface area contributed by atoms with Crippen molar-refractivity contribution in [2.75, 3.05) is 14.1 Å². The molecule has 0 N–H and O–H groups in total. The first-order valence-corrected chi connectivity index (χ1v) is 8.32. The highest BCUT2D eigenvalue weighted by Gasteiger charge is 2.22. The molecule has 0 aromatic heterocycles. The second-order valence-corrected chi connectivity index (χ2v) is 6.49. The SMILES string of the molecule is CN=C1C(/C(C)=C/C=C(C)C)=CC=C(/C(C)=C/C=C(C)C)C1=NC. The number of nitrogens with zero attached hydrogens (tertiary/aromatic N) is 2. The molecule has 1 rings (SSSR count). The van der Waals surface area contributed by atoms with Gasteiger partial charge in [-0.05, 0) is 52.7 Å². The molecule has 0 bridgehead atoms. The van der Waals surface area contributed by atoms with Crippen molar-refractivity contribution in [2.45, 2.75) is 41.5 Å². The molecule has 0 saturated heterocycles. The summed E-state index contributed by atoms with van der Waals surface area (Å²) in [6.45, 7) is 12.6. The molecule has 0 aromatic carbocycles. The van der Waals surface area contributed by atoms with Crippen LogP contribution in [-0.4, -0.2) is 25.5 Å².